The summed E-state index contributed by atoms with van der Waals surface area (Å²) in [5.74, 6) is -0.614. The number of aliphatic hydroxyl groups excluding tert-OH is 1. The van der Waals surface area contributed by atoms with Crippen molar-refractivity contribution in [3.8, 4) is 11.5 Å². The molecule has 0 saturated heterocycles. The first-order chi connectivity index (χ1) is 13.1. The van der Waals surface area contributed by atoms with E-state index in [-0.39, 0.29) is 27.7 Å². The van der Waals surface area contributed by atoms with Gasteiger partial charge in [0.05, 0.1) is 10.5 Å². The molecule has 0 radical (unpaired) electrons. The number of ether oxygens (including phenoxy) is 1. The van der Waals surface area contributed by atoms with Gasteiger partial charge in [0, 0.05) is 0 Å². The smallest absolute Gasteiger partial charge is 0.416 e. The van der Waals surface area contributed by atoms with Crippen molar-refractivity contribution in [3.63, 3.8) is 0 Å². The summed E-state index contributed by atoms with van der Waals surface area (Å²) in [5, 5.41) is 9.54. The molecule has 144 valence electrons. The molecule has 1 heterocycles. The molecule has 0 aliphatic carbocycles. The van der Waals surface area contributed by atoms with Crippen LogP contribution in [0, 0.1) is 0 Å². The first-order valence-corrected chi connectivity index (χ1v) is 8.80. The monoisotopic (exact) mass is 406 g/mol. The fourth-order valence-corrected chi connectivity index (χ4v) is 3.45. The van der Waals surface area contributed by atoms with Crippen LogP contribution < -0.4 is 4.74 Å². The molecule has 0 amide bonds. The SMILES string of the molecule is CC(=O)C1=C(O)/C(=C\c2cccc(Oc3cccc(C(F)(F)F)c3)c2)SC1=O. The fraction of sp³-hybridized carbons (Fsp3) is 0.100. The van der Waals surface area contributed by atoms with Crippen LogP contribution in [0.1, 0.15) is 18.1 Å². The molecule has 28 heavy (non-hydrogen) atoms. The van der Waals surface area contributed by atoms with E-state index in [9.17, 15) is 27.9 Å². The van der Waals surface area contributed by atoms with Gasteiger partial charge in [-0.1, -0.05) is 18.2 Å². The number of carbonyl (C=O) groups is 2. The van der Waals surface area contributed by atoms with Crippen LogP contribution >= 0.6 is 11.8 Å². The third kappa shape index (κ3) is 4.28. The molecule has 0 atom stereocenters. The Balaban J connectivity index is 1.86. The molecule has 0 spiro atoms. The molecule has 0 aromatic heterocycles. The molecule has 1 N–H and O–H groups in total. The Kier molecular flexibility index (Phi) is 5.33. The van der Waals surface area contributed by atoms with Gasteiger partial charge in [-0.05, 0) is 60.7 Å². The van der Waals surface area contributed by atoms with E-state index >= 15 is 0 Å². The van der Waals surface area contributed by atoms with E-state index in [2.05, 4.69) is 0 Å². The Morgan fingerprint density at radius 3 is 2.36 bits per heavy atom. The number of Topliss-reactive ketones (excluding diaryl/α,β-unsaturated/α-hetero) is 1. The summed E-state index contributed by atoms with van der Waals surface area (Å²) in [6.07, 6.45) is -2.98. The van der Waals surface area contributed by atoms with Gasteiger partial charge in [0.15, 0.2) is 5.78 Å². The minimum atomic E-state index is -4.48. The number of benzene rings is 2. The van der Waals surface area contributed by atoms with Crippen LogP contribution in [0.15, 0.2) is 64.8 Å². The minimum Gasteiger partial charge on any atom is -0.506 e. The summed E-state index contributed by atoms with van der Waals surface area (Å²) >= 11 is 0.731. The zero-order valence-corrected chi connectivity index (χ0v) is 15.2. The summed E-state index contributed by atoms with van der Waals surface area (Å²) in [7, 11) is 0. The molecule has 1 aliphatic heterocycles. The zero-order chi connectivity index (χ0) is 20.5. The lowest BCUT2D eigenvalue weighted by molar-refractivity contribution is -0.137. The van der Waals surface area contributed by atoms with Crippen molar-refractivity contribution in [3.05, 3.63) is 75.9 Å². The second-order valence-corrected chi connectivity index (χ2v) is 6.89. The quantitative estimate of drug-likeness (QED) is 0.678. The van der Waals surface area contributed by atoms with Crippen LogP contribution in [-0.2, 0) is 15.8 Å². The number of ketones is 1. The lowest BCUT2D eigenvalue weighted by atomic mass is 10.1. The van der Waals surface area contributed by atoms with Gasteiger partial charge >= 0.3 is 6.18 Å². The maximum Gasteiger partial charge on any atom is 0.416 e. The van der Waals surface area contributed by atoms with E-state index in [1.54, 1.807) is 18.2 Å². The van der Waals surface area contributed by atoms with E-state index in [4.69, 9.17) is 4.74 Å². The van der Waals surface area contributed by atoms with E-state index in [0.717, 1.165) is 23.9 Å². The Morgan fingerprint density at radius 2 is 1.75 bits per heavy atom. The Morgan fingerprint density at radius 1 is 1.11 bits per heavy atom. The molecule has 3 rings (SSSR count). The molecule has 0 unspecified atom stereocenters. The lowest BCUT2D eigenvalue weighted by Gasteiger charge is -2.10. The van der Waals surface area contributed by atoms with Crippen LogP contribution in [0.3, 0.4) is 0 Å². The van der Waals surface area contributed by atoms with Crippen LogP contribution in [0.4, 0.5) is 13.2 Å². The van der Waals surface area contributed by atoms with Gasteiger partial charge in [0.2, 0.25) is 5.12 Å². The lowest BCUT2D eigenvalue weighted by Crippen LogP contribution is -2.04. The van der Waals surface area contributed by atoms with Gasteiger partial charge in [-0.2, -0.15) is 13.2 Å². The van der Waals surface area contributed by atoms with Gasteiger partial charge in [-0.3, -0.25) is 9.59 Å². The van der Waals surface area contributed by atoms with Gasteiger partial charge < -0.3 is 9.84 Å². The van der Waals surface area contributed by atoms with Gasteiger partial charge in [-0.15, -0.1) is 0 Å². The molecular formula is C20H13F3O4S. The van der Waals surface area contributed by atoms with E-state index in [0.29, 0.717) is 5.56 Å². The zero-order valence-electron chi connectivity index (χ0n) is 14.4. The molecule has 1 aliphatic rings. The average molecular weight is 406 g/mol. The number of carbonyl (C=O) groups excluding carboxylic acids is 2. The van der Waals surface area contributed by atoms with Crippen molar-refractivity contribution in [2.75, 3.05) is 0 Å². The second kappa shape index (κ2) is 7.55. The molecule has 0 saturated carbocycles. The summed E-state index contributed by atoms with van der Waals surface area (Å²) in [6, 6.07) is 10.9. The molecule has 8 heteroatoms. The largest absolute Gasteiger partial charge is 0.506 e. The number of alkyl halides is 3. The molecule has 0 fully saturated rings. The van der Waals surface area contributed by atoms with Crippen molar-refractivity contribution in [2.45, 2.75) is 13.1 Å². The van der Waals surface area contributed by atoms with Gasteiger partial charge in [0.1, 0.15) is 22.8 Å². The van der Waals surface area contributed by atoms with Crippen molar-refractivity contribution in [1.82, 2.24) is 0 Å². The van der Waals surface area contributed by atoms with E-state index < -0.39 is 22.6 Å². The first kappa shape index (κ1) is 19.8. The number of aliphatic hydroxyl groups is 1. The maximum absolute atomic E-state index is 12.8. The standard InChI is InChI=1S/C20H13F3O4S/c1-11(24)17-18(25)16(28-19(17)26)9-12-4-2-6-14(8-12)27-15-7-3-5-13(10-15)20(21,22)23/h2-10,25H,1H3/b16-9+. The highest BCUT2D eigenvalue weighted by Crippen LogP contribution is 2.38. The Labute approximate surface area is 162 Å². The highest BCUT2D eigenvalue weighted by molar-refractivity contribution is 8.18. The predicted molar refractivity (Wildman–Crippen MR) is 98.9 cm³/mol. The van der Waals surface area contributed by atoms with Gasteiger partial charge in [-0.25, -0.2) is 0 Å². The third-order valence-electron chi connectivity index (χ3n) is 3.78. The fourth-order valence-electron chi connectivity index (χ4n) is 2.52. The summed E-state index contributed by atoms with van der Waals surface area (Å²) in [5.41, 5.74) is -0.542. The topological polar surface area (TPSA) is 63.6 Å². The Bertz CT molecular complexity index is 1020. The minimum absolute atomic E-state index is 0.0201. The molecule has 4 nitrogen and oxygen atoms in total. The first-order valence-electron chi connectivity index (χ1n) is 7.99. The van der Waals surface area contributed by atoms with Crippen molar-refractivity contribution in [2.24, 2.45) is 0 Å². The van der Waals surface area contributed by atoms with Crippen LogP contribution in [-0.4, -0.2) is 16.0 Å². The molecule has 2 aromatic carbocycles. The van der Waals surface area contributed by atoms with Crippen LogP contribution in [0.5, 0.6) is 11.5 Å². The van der Waals surface area contributed by atoms with Crippen LogP contribution in [0.25, 0.3) is 6.08 Å². The van der Waals surface area contributed by atoms with E-state index in [1.807, 2.05) is 0 Å². The Hall–Kier alpha value is -3.00. The van der Waals surface area contributed by atoms with Gasteiger partial charge in [0.25, 0.3) is 0 Å². The van der Waals surface area contributed by atoms with Crippen molar-refractivity contribution in [1.29, 1.82) is 0 Å². The molecular weight excluding hydrogens is 393 g/mol. The summed E-state index contributed by atoms with van der Waals surface area (Å²) < 4.78 is 43.9. The van der Waals surface area contributed by atoms with Crippen LogP contribution in [0.2, 0.25) is 0 Å². The van der Waals surface area contributed by atoms with Crippen molar-refractivity contribution < 1.29 is 32.6 Å². The highest BCUT2D eigenvalue weighted by Gasteiger charge is 2.32. The highest BCUT2D eigenvalue weighted by atomic mass is 32.2. The third-order valence-corrected chi connectivity index (χ3v) is 4.70. The maximum atomic E-state index is 12.8. The van der Waals surface area contributed by atoms with E-state index in [1.165, 1.54) is 31.2 Å². The van der Waals surface area contributed by atoms with Crippen molar-refractivity contribution >= 4 is 28.7 Å². The number of rotatable bonds is 4. The number of hydrogen-bond donors (Lipinski definition) is 1. The average Bonchev–Trinajstić information content (AvgIpc) is 2.88. The number of thioether (sulfide) groups is 1. The number of hydrogen-bond acceptors (Lipinski definition) is 5. The normalized spacial score (nSPS) is 16.0. The predicted octanol–water partition coefficient (Wildman–Crippen LogP) is 5.51. The molecule has 0 bridgehead atoms. The molecule has 2 aromatic rings. The number of halogens is 3. The second-order valence-electron chi connectivity index (χ2n) is 5.88. The summed E-state index contributed by atoms with van der Waals surface area (Å²) in [4.78, 5) is 23.5. The summed E-state index contributed by atoms with van der Waals surface area (Å²) in [6.45, 7) is 1.19.